The summed E-state index contributed by atoms with van der Waals surface area (Å²) >= 11 is 0. The molecule has 1 saturated heterocycles. The third-order valence-electron chi connectivity index (χ3n) is 3.36. The number of aromatic carboxylic acids is 1. The van der Waals surface area contributed by atoms with E-state index in [1.165, 1.54) is 18.2 Å². The van der Waals surface area contributed by atoms with Crippen LogP contribution in [-0.2, 0) is 9.59 Å². The molecule has 1 heterocycles. The molecule has 2 unspecified atom stereocenters. The summed E-state index contributed by atoms with van der Waals surface area (Å²) in [7, 11) is 0. The predicted octanol–water partition coefficient (Wildman–Crippen LogP) is 0.476. The normalized spacial score (nSPS) is 25.2. The molecule has 1 aliphatic carbocycles. The number of rotatable bonds is 2. The molecule has 0 aromatic heterocycles. The van der Waals surface area contributed by atoms with E-state index < -0.39 is 5.97 Å². The van der Waals surface area contributed by atoms with Gasteiger partial charge < -0.3 is 10.8 Å². The number of fused-ring (bicyclic) bond motifs is 1. The first-order valence-corrected chi connectivity index (χ1v) is 5.51. The highest BCUT2D eigenvalue weighted by atomic mass is 16.4. The number of carbonyl (C=O) groups excluding carboxylic acids is 2. The van der Waals surface area contributed by atoms with Crippen molar-refractivity contribution in [2.45, 2.75) is 6.42 Å². The molecule has 6 heteroatoms. The molecule has 2 aliphatic rings. The Kier molecular flexibility index (Phi) is 1.98. The monoisotopic (exact) mass is 246 g/mol. The topological polar surface area (TPSA) is 101 Å². The van der Waals surface area contributed by atoms with Crippen molar-refractivity contribution in [2.75, 3.05) is 10.6 Å². The number of imide groups is 1. The largest absolute Gasteiger partial charge is 0.478 e. The highest BCUT2D eigenvalue weighted by Gasteiger charge is 2.59. The van der Waals surface area contributed by atoms with Crippen LogP contribution in [0.2, 0.25) is 0 Å². The van der Waals surface area contributed by atoms with Crippen LogP contribution in [0, 0.1) is 11.8 Å². The van der Waals surface area contributed by atoms with Crippen molar-refractivity contribution in [1.29, 1.82) is 0 Å². The van der Waals surface area contributed by atoms with Gasteiger partial charge in [-0.3, -0.25) is 9.59 Å². The molecule has 0 spiro atoms. The number of hydrogen-bond donors (Lipinski definition) is 2. The average molecular weight is 246 g/mol. The summed E-state index contributed by atoms with van der Waals surface area (Å²) in [6.07, 6.45) is 0.589. The van der Waals surface area contributed by atoms with E-state index in [0.29, 0.717) is 6.42 Å². The summed E-state index contributed by atoms with van der Waals surface area (Å²) < 4.78 is 0. The Morgan fingerprint density at radius 1 is 1.28 bits per heavy atom. The van der Waals surface area contributed by atoms with Gasteiger partial charge in [-0.2, -0.15) is 0 Å². The molecule has 6 nitrogen and oxygen atoms in total. The fraction of sp³-hybridized carbons (Fsp3) is 0.250. The predicted molar refractivity (Wildman–Crippen MR) is 61.9 cm³/mol. The lowest BCUT2D eigenvalue weighted by Crippen LogP contribution is -2.34. The first kappa shape index (κ1) is 10.8. The fourth-order valence-corrected chi connectivity index (χ4v) is 2.34. The number of amides is 2. The van der Waals surface area contributed by atoms with Gasteiger partial charge in [0.05, 0.1) is 23.1 Å². The van der Waals surface area contributed by atoms with Gasteiger partial charge in [0.2, 0.25) is 11.8 Å². The van der Waals surface area contributed by atoms with Crippen LogP contribution >= 0.6 is 0 Å². The first-order chi connectivity index (χ1) is 8.50. The van der Waals surface area contributed by atoms with Crippen molar-refractivity contribution in [3.8, 4) is 0 Å². The van der Waals surface area contributed by atoms with Gasteiger partial charge in [-0.1, -0.05) is 0 Å². The third kappa shape index (κ3) is 1.32. The quantitative estimate of drug-likeness (QED) is 0.583. The van der Waals surface area contributed by atoms with E-state index in [4.69, 9.17) is 10.8 Å². The smallest absolute Gasteiger partial charge is 0.337 e. The molecule has 92 valence electrons. The van der Waals surface area contributed by atoms with Crippen LogP contribution in [0.3, 0.4) is 0 Å². The van der Waals surface area contributed by atoms with E-state index in [2.05, 4.69) is 0 Å². The van der Waals surface area contributed by atoms with Crippen LogP contribution in [0.4, 0.5) is 11.4 Å². The second kappa shape index (κ2) is 3.32. The van der Waals surface area contributed by atoms with Gasteiger partial charge in [0.25, 0.3) is 0 Å². The van der Waals surface area contributed by atoms with E-state index >= 15 is 0 Å². The van der Waals surface area contributed by atoms with Crippen LogP contribution in [-0.4, -0.2) is 22.9 Å². The maximum absolute atomic E-state index is 11.9. The molecule has 0 bridgehead atoms. The summed E-state index contributed by atoms with van der Waals surface area (Å²) in [5.74, 6) is -2.33. The molecule has 18 heavy (non-hydrogen) atoms. The molecule has 1 aliphatic heterocycles. The van der Waals surface area contributed by atoms with Gasteiger partial charge in [0, 0.05) is 5.69 Å². The zero-order chi connectivity index (χ0) is 13.0. The van der Waals surface area contributed by atoms with E-state index in [0.717, 1.165) is 4.90 Å². The van der Waals surface area contributed by atoms with Crippen molar-refractivity contribution in [3.05, 3.63) is 23.8 Å². The van der Waals surface area contributed by atoms with Gasteiger partial charge >= 0.3 is 5.97 Å². The number of benzene rings is 1. The number of carboxylic acids is 1. The molecular formula is C12H10N2O4. The molecule has 2 fully saturated rings. The number of nitrogens with zero attached hydrogens (tertiary/aromatic N) is 1. The lowest BCUT2D eigenvalue weighted by molar-refractivity contribution is -0.123. The third-order valence-corrected chi connectivity index (χ3v) is 3.36. The number of nitrogen functional groups attached to an aromatic ring is 1. The van der Waals surface area contributed by atoms with Gasteiger partial charge in [0.1, 0.15) is 0 Å². The number of nitrogens with two attached hydrogens (primary N) is 1. The van der Waals surface area contributed by atoms with Crippen LogP contribution in [0.1, 0.15) is 16.8 Å². The van der Waals surface area contributed by atoms with E-state index in [1.807, 2.05) is 0 Å². The summed E-state index contributed by atoms with van der Waals surface area (Å²) in [4.78, 5) is 35.9. The molecular weight excluding hydrogens is 236 g/mol. The summed E-state index contributed by atoms with van der Waals surface area (Å²) in [6.45, 7) is 0. The Morgan fingerprint density at radius 3 is 2.44 bits per heavy atom. The zero-order valence-electron chi connectivity index (χ0n) is 9.29. The highest BCUT2D eigenvalue weighted by molar-refractivity contribution is 6.26. The van der Waals surface area contributed by atoms with Crippen molar-refractivity contribution in [1.82, 2.24) is 0 Å². The molecule has 1 saturated carbocycles. The van der Waals surface area contributed by atoms with Crippen LogP contribution < -0.4 is 10.6 Å². The minimum atomic E-state index is -1.21. The lowest BCUT2D eigenvalue weighted by Gasteiger charge is -2.18. The van der Waals surface area contributed by atoms with Crippen LogP contribution in [0.15, 0.2) is 18.2 Å². The van der Waals surface area contributed by atoms with E-state index in [9.17, 15) is 14.4 Å². The second-order valence-corrected chi connectivity index (χ2v) is 4.54. The molecule has 2 atom stereocenters. The Balaban J connectivity index is 2.10. The molecule has 1 aromatic rings. The van der Waals surface area contributed by atoms with Gasteiger partial charge in [-0.15, -0.1) is 0 Å². The minimum Gasteiger partial charge on any atom is -0.478 e. The van der Waals surface area contributed by atoms with Crippen molar-refractivity contribution >= 4 is 29.2 Å². The Bertz CT molecular complexity index is 576. The number of anilines is 2. The van der Waals surface area contributed by atoms with Crippen LogP contribution in [0.25, 0.3) is 0 Å². The van der Waals surface area contributed by atoms with Crippen LogP contribution in [0.5, 0.6) is 0 Å². The number of hydrogen-bond acceptors (Lipinski definition) is 4. The maximum Gasteiger partial charge on any atom is 0.337 e. The zero-order valence-corrected chi connectivity index (χ0v) is 9.29. The first-order valence-electron chi connectivity index (χ1n) is 5.51. The number of carboxylic acid groups (broad SMARTS) is 1. The Labute approximate surface area is 102 Å². The second-order valence-electron chi connectivity index (χ2n) is 4.54. The van der Waals surface area contributed by atoms with Crippen molar-refractivity contribution < 1.29 is 19.5 Å². The highest BCUT2D eigenvalue weighted by Crippen LogP contribution is 2.48. The Morgan fingerprint density at radius 2 is 1.89 bits per heavy atom. The van der Waals surface area contributed by atoms with Gasteiger partial charge in [-0.05, 0) is 24.6 Å². The van der Waals surface area contributed by atoms with Gasteiger partial charge in [0.15, 0.2) is 0 Å². The van der Waals surface area contributed by atoms with Crippen molar-refractivity contribution in [3.63, 3.8) is 0 Å². The minimum absolute atomic E-state index is 0.110. The van der Waals surface area contributed by atoms with Gasteiger partial charge in [-0.25, -0.2) is 9.69 Å². The lowest BCUT2D eigenvalue weighted by atomic mass is 10.1. The fourth-order valence-electron chi connectivity index (χ4n) is 2.34. The summed E-state index contributed by atoms with van der Waals surface area (Å²) in [5, 5.41) is 9.10. The maximum atomic E-state index is 11.9. The van der Waals surface area contributed by atoms with Crippen molar-refractivity contribution in [2.24, 2.45) is 11.8 Å². The SMILES string of the molecule is Nc1ccc(N2C(=O)C3CC3C2=O)c(C(=O)O)c1. The summed E-state index contributed by atoms with van der Waals surface area (Å²) in [6, 6.07) is 4.13. The van der Waals surface area contributed by atoms with E-state index in [-0.39, 0.29) is 40.6 Å². The molecule has 3 N–H and O–H groups in total. The molecule has 2 amide bonds. The Hall–Kier alpha value is -2.37. The van der Waals surface area contributed by atoms with E-state index in [1.54, 1.807) is 0 Å². The molecule has 3 rings (SSSR count). The number of piperidine rings is 1. The number of carbonyl (C=O) groups is 3. The summed E-state index contributed by atoms with van der Waals surface area (Å²) in [5.41, 5.74) is 5.78. The average Bonchev–Trinajstić information content (AvgIpc) is 3.06. The standard InChI is InChI=1S/C12H10N2O4/c13-5-1-2-9(8(3-5)12(17)18)14-10(15)6-4-7(6)11(14)16/h1-3,6-7H,4,13H2,(H,17,18). The molecule has 0 radical (unpaired) electrons. The molecule has 1 aromatic carbocycles.